The predicted octanol–water partition coefficient (Wildman–Crippen LogP) is 9.93. The first-order valence-electron chi connectivity index (χ1n) is 14.6. The van der Waals surface area contributed by atoms with E-state index in [1.807, 2.05) is 0 Å². The second-order valence-electron chi connectivity index (χ2n) is 12.0. The summed E-state index contributed by atoms with van der Waals surface area (Å²) < 4.78 is 97.5. The Labute approximate surface area is 233 Å². The van der Waals surface area contributed by atoms with Gasteiger partial charge in [-0.2, -0.15) is 8.78 Å². The normalized spacial score (nSPS) is 30.9. The first-order chi connectivity index (χ1) is 18.5. The molecule has 0 spiro atoms. The number of benzene rings is 1. The molecule has 1 saturated heterocycles. The minimum absolute atomic E-state index is 0.162. The summed E-state index contributed by atoms with van der Waals surface area (Å²) in [6.45, 7) is 3.56. The molecule has 0 radical (unpaired) electrons. The van der Waals surface area contributed by atoms with Gasteiger partial charge in [-0.15, -0.1) is 0 Å². The predicted molar refractivity (Wildman–Crippen MR) is 139 cm³/mol. The highest BCUT2D eigenvalue weighted by molar-refractivity contribution is 6.21. The van der Waals surface area contributed by atoms with Gasteiger partial charge in [0, 0.05) is 24.2 Å². The largest absolute Gasteiger partial charge is 0.353 e. The van der Waals surface area contributed by atoms with Crippen LogP contribution in [0, 0.1) is 35.3 Å². The van der Waals surface area contributed by atoms with E-state index < -0.39 is 34.4 Å². The molecule has 2 aliphatic carbocycles. The van der Waals surface area contributed by atoms with Crippen LogP contribution < -0.4 is 0 Å². The van der Waals surface area contributed by atoms with E-state index in [1.165, 1.54) is 19.3 Å². The number of hydrogen-bond donors (Lipinski definition) is 0. The molecule has 3 aliphatic rings. The molecule has 0 unspecified atom stereocenters. The van der Waals surface area contributed by atoms with Crippen molar-refractivity contribution in [2.24, 2.45) is 23.7 Å². The maximum atomic E-state index is 15.3. The number of halogens is 7. The third-order valence-electron chi connectivity index (χ3n) is 9.19. The third-order valence-corrected chi connectivity index (χ3v) is 9.38. The van der Waals surface area contributed by atoms with Gasteiger partial charge in [0.1, 0.15) is 17.2 Å². The van der Waals surface area contributed by atoms with Crippen LogP contribution >= 0.6 is 11.6 Å². The van der Waals surface area contributed by atoms with Crippen LogP contribution in [0.25, 0.3) is 0 Å². The van der Waals surface area contributed by atoms with Crippen molar-refractivity contribution in [3.05, 3.63) is 34.9 Å². The van der Waals surface area contributed by atoms with Gasteiger partial charge in [-0.3, -0.25) is 0 Å². The lowest BCUT2D eigenvalue weighted by molar-refractivity contribution is -0.233. The van der Waals surface area contributed by atoms with E-state index in [9.17, 15) is 17.6 Å². The number of alkyl halides is 5. The van der Waals surface area contributed by atoms with E-state index in [4.69, 9.17) is 21.1 Å². The van der Waals surface area contributed by atoms with Crippen molar-refractivity contribution in [3.63, 3.8) is 0 Å². The van der Waals surface area contributed by atoms with Crippen LogP contribution in [0.2, 0.25) is 0 Å². The highest BCUT2D eigenvalue weighted by atomic mass is 35.5. The van der Waals surface area contributed by atoms with E-state index >= 15 is 8.78 Å². The summed E-state index contributed by atoms with van der Waals surface area (Å²) in [6, 6.07) is 1.80. The minimum Gasteiger partial charge on any atom is -0.352 e. The zero-order chi connectivity index (χ0) is 28.2. The molecule has 1 aliphatic heterocycles. The Morgan fingerprint density at radius 1 is 0.821 bits per heavy atom. The van der Waals surface area contributed by atoms with Crippen molar-refractivity contribution >= 4 is 11.6 Å². The number of rotatable bonds is 10. The van der Waals surface area contributed by atoms with Gasteiger partial charge in [0.05, 0.1) is 13.2 Å². The molecule has 2 nitrogen and oxygen atoms in total. The zero-order valence-electron chi connectivity index (χ0n) is 22.7. The fourth-order valence-corrected chi connectivity index (χ4v) is 7.02. The lowest BCUT2D eigenvalue weighted by atomic mass is 9.72. The van der Waals surface area contributed by atoms with Gasteiger partial charge in [-0.05, 0) is 98.9 Å². The molecule has 0 amide bonds. The van der Waals surface area contributed by atoms with Crippen LogP contribution in [0.3, 0.4) is 0 Å². The Kier molecular flexibility index (Phi) is 10.6. The summed E-state index contributed by atoms with van der Waals surface area (Å²) in [6.07, 6.45) is 8.45. The number of ether oxygens (including phenoxy) is 2. The summed E-state index contributed by atoms with van der Waals surface area (Å²) in [4.78, 5) is 0. The van der Waals surface area contributed by atoms with E-state index in [0.29, 0.717) is 70.5 Å². The zero-order valence-corrected chi connectivity index (χ0v) is 23.4. The fourth-order valence-electron chi connectivity index (χ4n) is 6.84. The second-order valence-corrected chi connectivity index (χ2v) is 12.5. The SMILES string of the molecule is CCCCCC1COC(C2CCC(C(F)(F)CC3CCC(c4cc(F)c(C(F)(F)Cl)c(F)c4)CC3)CC2)OC1. The summed E-state index contributed by atoms with van der Waals surface area (Å²) in [5.41, 5.74) is -1.18. The van der Waals surface area contributed by atoms with E-state index in [1.54, 1.807) is 0 Å². The van der Waals surface area contributed by atoms with Gasteiger partial charge in [-0.1, -0.05) is 26.2 Å². The average Bonchev–Trinajstić information content (AvgIpc) is 2.88. The van der Waals surface area contributed by atoms with E-state index in [-0.39, 0.29) is 36.0 Å². The van der Waals surface area contributed by atoms with Gasteiger partial charge < -0.3 is 9.47 Å². The molecule has 1 aromatic rings. The maximum Gasteiger partial charge on any atom is 0.353 e. The maximum absolute atomic E-state index is 15.3. The third kappa shape index (κ3) is 8.06. The quantitative estimate of drug-likeness (QED) is 0.155. The number of hydrogen-bond acceptors (Lipinski definition) is 2. The van der Waals surface area contributed by atoms with Crippen molar-refractivity contribution in [2.75, 3.05) is 13.2 Å². The molecular formula is C30H41ClF6O2. The smallest absolute Gasteiger partial charge is 0.352 e. The van der Waals surface area contributed by atoms with Crippen LogP contribution in [-0.2, 0) is 14.9 Å². The van der Waals surface area contributed by atoms with Crippen molar-refractivity contribution in [3.8, 4) is 0 Å². The fraction of sp³-hybridized carbons (Fsp3) is 0.800. The molecule has 9 heteroatoms. The standard InChI is InChI=1S/C30H41ClF6O2/c1-2-3-4-5-20-17-38-28(39-18-20)22-10-12-24(13-11-22)29(34,35)16-19-6-8-21(9-7-19)23-14-25(32)27(26(33)15-23)30(31,36)37/h14-15,19-22,24,28H,2-13,16-18H2,1H3. The molecule has 4 rings (SSSR count). The van der Waals surface area contributed by atoms with Crippen molar-refractivity contribution in [1.29, 1.82) is 0 Å². The molecule has 2 saturated carbocycles. The van der Waals surface area contributed by atoms with E-state index in [2.05, 4.69) is 6.92 Å². The van der Waals surface area contributed by atoms with Gasteiger partial charge in [0.25, 0.3) is 5.92 Å². The molecule has 1 heterocycles. The molecule has 222 valence electrons. The molecule has 0 bridgehead atoms. The monoisotopic (exact) mass is 582 g/mol. The van der Waals surface area contributed by atoms with Crippen molar-refractivity contribution in [2.45, 2.75) is 114 Å². The van der Waals surface area contributed by atoms with Crippen LogP contribution in [0.1, 0.15) is 107 Å². The first kappa shape index (κ1) is 31.0. The van der Waals surface area contributed by atoms with Crippen LogP contribution in [0.4, 0.5) is 26.3 Å². The Hall–Kier alpha value is -0.990. The van der Waals surface area contributed by atoms with Crippen LogP contribution in [-0.4, -0.2) is 25.4 Å². The topological polar surface area (TPSA) is 18.5 Å². The average molecular weight is 583 g/mol. The Balaban J connectivity index is 1.21. The van der Waals surface area contributed by atoms with E-state index in [0.717, 1.165) is 18.6 Å². The first-order valence-corrected chi connectivity index (χ1v) is 15.0. The molecular weight excluding hydrogens is 542 g/mol. The molecule has 39 heavy (non-hydrogen) atoms. The molecule has 0 atom stereocenters. The molecule has 0 aromatic heterocycles. The van der Waals surface area contributed by atoms with Gasteiger partial charge >= 0.3 is 5.38 Å². The van der Waals surface area contributed by atoms with Crippen LogP contribution in [0.15, 0.2) is 12.1 Å². The molecule has 0 N–H and O–H groups in total. The summed E-state index contributed by atoms with van der Waals surface area (Å²) in [5, 5.41) is -4.14. The van der Waals surface area contributed by atoms with Crippen LogP contribution in [0.5, 0.6) is 0 Å². The van der Waals surface area contributed by atoms with Gasteiger partial charge in [-0.25, -0.2) is 17.6 Å². The Morgan fingerprint density at radius 3 is 1.95 bits per heavy atom. The Bertz CT molecular complexity index is 892. The van der Waals surface area contributed by atoms with Crippen molar-refractivity contribution < 1.29 is 35.8 Å². The second kappa shape index (κ2) is 13.3. The van der Waals surface area contributed by atoms with Gasteiger partial charge in [0.15, 0.2) is 6.29 Å². The summed E-state index contributed by atoms with van der Waals surface area (Å²) >= 11 is 4.83. The van der Waals surface area contributed by atoms with Gasteiger partial charge in [0.2, 0.25) is 0 Å². The highest BCUT2D eigenvalue weighted by Gasteiger charge is 2.45. The van der Waals surface area contributed by atoms with Crippen molar-refractivity contribution in [1.82, 2.24) is 0 Å². The molecule has 3 fully saturated rings. The lowest BCUT2D eigenvalue weighted by Gasteiger charge is -2.40. The lowest BCUT2D eigenvalue weighted by Crippen LogP contribution is -2.41. The highest BCUT2D eigenvalue weighted by Crippen LogP contribution is 2.47. The number of unbranched alkanes of at least 4 members (excludes halogenated alkanes) is 2. The summed E-state index contributed by atoms with van der Waals surface area (Å²) in [7, 11) is 0. The molecule has 1 aromatic carbocycles. The summed E-state index contributed by atoms with van der Waals surface area (Å²) in [5.74, 6) is -6.04. The Morgan fingerprint density at radius 2 is 1.41 bits per heavy atom. The minimum atomic E-state index is -4.14.